The first-order valence-corrected chi connectivity index (χ1v) is 10.5. The molecule has 0 saturated carbocycles. The van der Waals surface area contributed by atoms with E-state index in [1.165, 1.54) is 12.1 Å². The Morgan fingerprint density at radius 1 is 1.11 bits per heavy atom. The Morgan fingerprint density at radius 3 is 2.56 bits per heavy atom. The second kappa shape index (κ2) is 9.53. The van der Waals surface area contributed by atoms with Crippen molar-refractivity contribution < 1.29 is 17.9 Å². The third-order valence-electron chi connectivity index (χ3n) is 4.07. The van der Waals surface area contributed by atoms with Crippen LogP contribution < -0.4 is 14.8 Å². The number of anilines is 1. The van der Waals surface area contributed by atoms with Gasteiger partial charge in [0.15, 0.2) is 0 Å². The molecule has 0 heterocycles. The summed E-state index contributed by atoms with van der Waals surface area (Å²) >= 11 is 0. The van der Waals surface area contributed by atoms with Gasteiger partial charge in [0, 0.05) is 11.8 Å². The lowest BCUT2D eigenvalue weighted by Crippen LogP contribution is -2.33. The molecule has 27 heavy (non-hydrogen) atoms. The maximum atomic E-state index is 12.5. The quantitative estimate of drug-likeness (QED) is 0.688. The molecule has 2 N–H and O–H groups in total. The van der Waals surface area contributed by atoms with Crippen molar-refractivity contribution in [1.82, 2.24) is 4.72 Å². The minimum atomic E-state index is -3.82. The Balaban J connectivity index is 1.99. The summed E-state index contributed by atoms with van der Waals surface area (Å²) in [6.07, 6.45) is 1.65. The molecule has 7 heteroatoms. The number of carbonyl (C=O) groups is 1. The van der Waals surface area contributed by atoms with Gasteiger partial charge in [0.2, 0.25) is 15.9 Å². The number of sulfonamides is 1. The lowest BCUT2D eigenvalue weighted by Gasteiger charge is -2.14. The van der Waals surface area contributed by atoms with Crippen LogP contribution >= 0.6 is 0 Å². The maximum absolute atomic E-state index is 12.5. The molecule has 0 bridgehead atoms. The third kappa shape index (κ3) is 6.37. The normalized spacial score (nSPS) is 12.4. The predicted molar refractivity (Wildman–Crippen MR) is 106 cm³/mol. The highest BCUT2D eigenvalue weighted by molar-refractivity contribution is 7.89. The topological polar surface area (TPSA) is 84.5 Å². The molecule has 1 amide bonds. The zero-order valence-corrected chi connectivity index (χ0v) is 16.7. The van der Waals surface area contributed by atoms with Gasteiger partial charge in [0.25, 0.3) is 0 Å². The van der Waals surface area contributed by atoms with Crippen molar-refractivity contribution in [2.24, 2.45) is 0 Å². The Hall–Kier alpha value is -2.38. The summed E-state index contributed by atoms with van der Waals surface area (Å²) in [6, 6.07) is 13.7. The molecule has 2 aromatic carbocycles. The standard InChI is InChI=1S/C20H26N2O4S/c1-4-15(3)26-18-10-7-11-19(13-18)27(24,25)21-14-20(23)22-17-9-6-8-16(5-2)12-17/h6-13,15,21H,4-5,14H2,1-3H3,(H,22,23). The Labute approximate surface area is 161 Å². The molecule has 0 fully saturated rings. The summed E-state index contributed by atoms with van der Waals surface area (Å²) in [5.74, 6) is 0.0481. The van der Waals surface area contributed by atoms with Crippen LogP contribution in [0.5, 0.6) is 5.75 Å². The highest BCUT2D eigenvalue weighted by Crippen LogP contribution is 2.19. The zero-order chi connectivity index (χ0) is 19.9. The summed E-state index contributed by atoms with van der Waals surface area (Å²) in [5, 5.41) is 2.70. The number of hydrogen-bond acceptors (Lipinski definition) is 4. The van der Waals surface area contributed by atoms with Gasteiger partial charge in [-0.15, -0.1) is 0 Å². The second-order valence-corrected chi connectivity index (χ2v) is 8.01. The monoisotopic (exact) mass is 390 g/mol. The lowest BCUT2D eigenvalue weighted by molar-refractivity contribution is -0.115. The Bertz CT molecular complexity index is 881. The predicted octanol–water partition coefficient (Wildman–Crippen LogP) is 3.34. The van der Waals surface area contributed by atoms with Crippen molar-refractivity contribution in [1.29, 1.82) is 0 Å². The van der Waals surface area contributed by atoms with Gasteiger partial charge in [0.1, 0.15) is 5.75 Å². The van der Waals surface area contributed by atoms with Gasteiger partial charge in [-0.2, -0.15) is 0 Å². The van der Waals surface area contributed by atoms with Crippen molar-refractivity contribution in [2.45, 2.75) is 44.6 Å². The van der Waals surface area contributed by atoms with Crippen LogP contribution in [0.25, 0.3) is 0 Å². The zero-order valence-electron chi connectivity index (χ0n) is 15.9. The molecule has 0 aliphatic rings. The number of benzene rings is 2. The van der Waals surface area contributed by atoms with E-state index in [1.54, 1.807) is 18.2 Å². The second-order valence-electron chi connectivity index (χ2n) is 6.24. The first-order chi connectivity index (χ1) is 12.8. The summed E-state index contributed by atoms with van der Waals surface area (Å²) in [7, 11) is -3.82. The molecule has 146 valence electrons. The van der Waals surface area contributed by atoms with Crippen LogP contribution in [-0.2, 0) is 21.2 Å². The molecule has 1 atom stereocenters. The van der Waals surface area contributed by atoms with Gasteiger partial charge in [-0.1, -0.05) is 32.0 Å². The molecule has 0 aliphatic carbocycles. The van der Waals surface area contributed by atoms with Gasteiger partial charge in [0.05, 0.1) is 17.5 Å². The molecule has 0 aliphatic heterocycles. The van der Waals surface area contributed by atoms with Crippen molar-refractivity contribution in [3.8, 4) is 5.75 Å². The van der Waals surface area contributed by atoms with Gasteiger partial charge in [-0.25, -0.2) is 13.1 Å². The largest absolute Gasteiger partial charge is 0.491 e. The number of hydrogen-bond donors (Lipinski definition) is 2. The lowest BCUT2D eigenvalue weighted by atomic mass is 10.1. The number of aryl methyl sites for hydroxylation is 1. The first-order valence-electron chi connectivity index (χ1n) is 8.99. The number of carbonyl (C=O) groups excluding carboxylic acids is 1. The van der Waals surface area contributed by atoms with Crippen LogP contribution in [0.1, 0.15) is 32.8 Å². The van der Waals surface area contributed by atoms with E-state index in [4.69, 9.17) is 4.74 Å². The van der Waals surface area contributed by atoms with Crippen LogP contribution in [0, 0.1) is 0 Å². The molecule has 6 nitrogen and oxygen atoms in total. The fourth-order valence-corrected chi connectivity index (χ4v) is 3.37. The average Bonchev–Trinajstić information content (AvgIpc) is 2.66. The average molecular weight is 391 g/mol. The van der Waals surface area contributed by atoms with Gasteiger partial charge >= 0.3 is 0 Å². The van der Waals surface area contributed by atoms with E-state index in [9.17, 15) is 13.2 Å². The van der Waals surface area contributed by atoms with Crippen LogP contribution in [0.2, 0.25) is 0 Å². The van der Waals surface area contributed by atoms with E-state index < -0.39 is 15.9 Å². The highest BCUT2D eigenvalue weighted by atomic mass is 32.2. The molecule has 2 aromatic rings. The summed E-state index contributed by atoms with van der Waals surface area (Å²) in [5.41, 5.74) is 1.73. The maximum Gasteiger partial charge on any atom is 0.241 e. The van der Waals surface area contributed by atoms with E-state index in [-0.39, 0.29) is 17.5 Å². The minimum Gasteiger partial charge on any atom is -0.491 e. The van der Waals surface area contributed by atoms with Crippen LogP contribution in [0.15, 0.2) is 53.4 Å². The summed E-state index contributed by atoms with van der Waals surface area (Å²) in [6.45, 7) is 5.57. The smallest absolute Gasteiger partial charge is 0.241 e. The molecular weight excluding hydrogens is 364 g/mol. The van der Waals surface area contributed by atoms with Crippen LogP contribution in [-0.4, -0.2) is 27.0 Å². The SMILES string of the molecule is CCc1cccc(NC(=O)CNS(=O)(=O)c2cccc(OC(C)CC)c2)c1. The van der Waals surface area contributed by atoms with E-state index in [0.717, 1.165) is 18.4 Å². The molecular formula is C20H26N2O4S. The third-order valence-corrected chi connectivity index (χ3v) is 5.47. The molecule has 0 radical (unpaired) electrons. The highest BCUT2D eigenvalue weighted by Gasteiger charge is 2.17. The summed E-state index contributed by atoms with van der Waals surface area (Å²) in [4.78, 5) is 12.1. The van der Waals surface area contributed by atoms with Crippen LogP contribution in [0.3, 0.4) is 0 Å². The Morgan fingerprint density at radius 2 is 1.85 bits per heavy atom. The molecule has 1 unspecified atom stereocenters. The Kier molecular flexibility index (Phi) is 7.38. The van der Waals surface area contributed by atoms with E-state index in [0.29, 0.717) is 11.4 Å². The van der Waals surface area contributed by atoms with E-state index >= 15 is 0 Å². The molecule has 0 saturated heterocycles. The molecule has 2 rings (SSSR count). The first kappa shape index (κ1) is 20.9. The van der Waals surface area contributed by atoms with Crippen LogP contribution in [0.4, 0.5) is 5.69 Å². The van der Waals surface area contributed by atoms with E-state index in [1.807, 2.05) is 39.0 Å². The van der Waals surface area contributed by atoms with Crippen molar-refractivity contribution in [2.75, 3.05) is 11.9 Å². The minimum absolute atomic E-state index is 0.0134. The fraction of sp³-hybridized carbons (Fsp3) is 0.350. The van der Waals surface area contributed by atoms with Crippen molar-refractivity contribution >= 4 is 21.6 Å². The molecule has 0 aromatic heterocycles. The van der Waals surface area contributed by atoms with Gasteiger partial charge in [-0.05, 0) is 49.6 Å². The fourth-order valence-electron chi connectivity index (χ4n) is 2.35. The van der Waals surface area contributed by atoms with Crippen molar-refractivity contribution in [3.63, 3.8) is 0 Å². The van der Waals surface area contributed by atoms with Gasteiger partial charge in [-0.3, -0.25) is 4.79 Å². The number of amides is 1. The van der Waals surface area contributed by atoms with Crippen molar-refractivity contribution in [3.05, 3.63) is 54.1 Å². The van der Waals surface area contributed by atoms with Gasteiger partial charge < -0.3 is 10.1 Å². The number of ether oxygens (including phenoxy) is 1. The number of nitrogens with one attached hydrogen (secondary N) is 2. The number of rotatable bonds is 9. The molecule has 0 spiro atoms. The van der Waals surface area contributed by atoms with E-state index in [2.05, 4.69) is 10.0 Å². The summed E-state index contributed by atoms with van der Waals surface area (Å²) < 4.78 is 32.9.